The van der Waals surface area contributed by atoms with Gasteiger partial charge in [0.1, 0.15) is 5.69 Å². The molecule has 6 N–H and O–H groups in total. The fourth-order valence-electron chi connectivity index (χ4n) is 3.36. The summed E-state index contributed by atoms with van der Waals surface area (Å²) >= 11 is 0. The van der Waals surface area contributed by atoms with Gasteiger partial charge in [0, 0.05) is 12.1 Å². The number of aryl methyl sites for hydroxylation is 2. The molecule has 1 heterocycles. The molecule has 2 amide bonds. The minimum atomic E-state index is -5.09. The maximum absolute atomic E-state index is 13.3. The highest BCUT2D eigenvalue weighted by atomic mass is 19.4. The van der Waals surface area contributed by atoms with Gasteiger partial charge >= 0.3 is 6.18 Å². The molecule has 0 aliphatic rings. The highest BCUT2D eigenvalue weighted by molar-refractivity contribution is 5.97. The summed E-state index contributed by atoms with van der Waals surface area (Å²) < 4.78 is 40.8. The number of anilines is 1. The van der Waals surface area contributed by atoms with Crippen molar-refractivity contribution in [1.82, 2.24) is 15.1 Å². The van der Waals surface area contributed by atoms with Gasteiger partial charge in [-0.3, -0.25) is 9.59 Å². The number of nitrogens with one attached hydrogen (secondary N) is 1. The predicted molar refractivity (Wildman–Crippen MR) is 119 cm³/mol. The molecule has 11 heteroatoms. The lowest BCUT2D eigenvalue weighted by atomic mass is 10.00. The molecule has 0 aliphatic heterocycles. The number of aliphatic hydroxyl groups is 1. The predicted octanol–water partition coefficient (Wildman–Crippen LogP) is 2.87. The number of aromatic nitrogens is 2. The normalized spacial score (nSPS) is 13.4. The van der Waals surface area contributed by atoms with E-state index >= 15 is 0 Å². The number of halogens is 3. The van der Waals surface area contributed by atoms with Crippen molar-refractivity contribution >= 4 is 17.5 Å². The topological polar surface area (TPSA) is 136 Å². The van der Waals surface area contributed by atoms with E-state index in [9.17, 15) is 27.9 Å². The Balaban J connectivity index is 1.87. The van der Waals surface area contributed by atoms with Crippen molar-refractivity contribution in [2.24, 2.45) is 5.73 Å². The van der Waals surface area contributed by atoms with Crippen LogP contribution in [0.15, 0.2) is 42.5 Å². The van der Waals surface area contributed by atoms with Crippen molar-refractivity contribution in [2.45, 2.75) is 39.1 Å². The highest BCUT2D eigenvalue weighted by Gasteiger charge is 2.54. The number of carbonyl (C=O) groups is 2. The standard InChI is InChI=1S/C23H24F3N5O3/c1-12-4-5-13(2)16(10-12)21(33)29-11-14-6-8-15(9-7-14)31-18(20(28)32)17(27)19(30-31)22(3,34)23(24,25)26/h4-10,34H,11,27H2,1-3H3,(H2,28,32)(H,29,33). The molecule has 3 aromatic rings. The molecular formula is C23H24F3N5O3. The third kappa shape index (κ3) is 4.60. The zero-order valence-corrected chi connectivity index (χ0v) is 18.7. The molecule has 34 heavy (non-hydrogen) atoms. The van der Waals surface area contributed by atoms with E-state index in [1.54, 1.807) is 18.2 Å². The van der Waals surface area contributed by atoms with Crippen LogP contribution in [0.1, 0.15) is 50.2 Å². The van der Waals surface area contributed by atoms with Crippen molar-refractivity contribution in [3.63, 3.8) is 0 Å². The number of nitrogens with zero attached hydrogens (tertiary/aromatic N) is 2. The number of rotatable bonds is 6. The number of nitrogens with two attached hydrogens (primary N) is 2. The second-order valence-electron chi connectivity index (χ2n) is 8.12. The SMILES string of the molecule is Cc1ccc(C)c(C(=O)NCc2ccc(-n3nc(C(C)(O)C(F)(F)F)c(N)c3C(N)=O)cc2)c1. The Morgan fingerprint density at radius 3 is 2.29 bits per heavy atom. The van der Waals surface area contributed by atoms with Crippen LogP contribution in [-0.2, 0) is 12.1 Å². The summed E-state index contributed by atoms with van der Waals surface area (Å²) in [6.45, 7) is 4.39. The van der Waals surface area contributed by atoms with Crippen LogP contribution in [0.5, 0.6) is 0 Å². The molecule has 180 valence electrons. The first-order chi connectivity index (χ1) is 15.7. The summed E-state index contributed by atoms with van der Waals surface area (Å²) in [5.41, 5.74) is 8.77. The van der Waals surface area contributed by atoms with Crippen LogP contribution in [0.3, 0.4) is 0 Å². The fraction of sp³-hybridized carbons (Fsp3) is 0.261. The zero-order chi connectivity index (χ0) is 25.4. The number of hydrogen-bond acceptors (Lipinski definition) is 5. The van der Waals surface area contributed by atoms with Gasteiger partial charge in [-0.15, -0.1) is 0 Å². The number of amides is 2. The molecule has 0 fully saturated rings. The average Bonchev–Trinajstić information content (AvgIpc) is 3.11. The van der Waals surface area contributed by atoms with E-state index in [1.165, 1.54) is 12.1 Å². The Morgan fingerprint density at radius 2 is 1.74 bits per heavy atom. The van der Waals surface area contributed by atoms with Gasteiger partial charge in [-0.05, 0) is 50.1 Å². The van der Waals surface area contributed by atoms with Gasteiger partial charge in [0.15, 0.2) is 5.69 Å². The lowest BCUT2D eigenvalue weighted by molar-refractivity contribution is -0.260. The summed E-state index contributed by atoms with van der Waals surface area (Å²) in [6.07, 6.45) is -5.09. The summed E-state index contributed by atoms with van der Waals surface area (Å²) in [4.78, 5) is 24.4. The Morgan fingerprint density at radius 1 is 1.12 bits per heavy atom. The monoisotopic (exact) mass is 475 g/mol. The number of benzene rings is 2. The lowest BCUT2D eigenvalue weighted by Crippen LogP contribution is -2.40. The van der Waals surface area contributed by atoms with Crippen LogP contribution >= 0.6 is 0 Å². The Bertz CT molecular complexity index is 1250. The van der Waals surface area contributed by atoms with E-state index in [-0.39, 0.29) is 18.1 Å². The molecule has 0 saturated carbocycles. The molecule has 2 aromatic carbocycles. The molecule has 1 atom stereocenters. The summed E-state index contributed by atoms with van der Waals surface area (Å²) in [6, 6.07) is 11.7. The minimum absolute atomic E-state index is 0.185. The number of hydrogen-bond donors (Lipinski definition) is 4. The summed E-state index contributed by atoms with van der Waals surface area (Å²) in [5.74, 6) is -1.36. The first-order valence-corrected chi connectivity index (χ1v) is 10.2. The van der Waals surface area contributed by atoms with E-state index in [1.807, 2.05) is 26.0 Å². The smallest absolute Gasteiger partial charge is 0.395 e. The van der Waals surface area contributed by atoms with Crippen molar-refractivity contribution in [1.29, 1.82) is 0 Å². The molecule has 0 aliphatic carbocycles. The zero-order valence-electron chi connectivity index (χ0n) is 18.7. The number of primary amides is 1. The number of alkyl halides is 3. The van der Waals surface area contributed by atoms with E-state index in [0.717, 1.165) is 15.8 Å². The van der Waals surface area contributed by atoms with Crippen molar-refractivity contribution < 1.29 is 27.9 Å². The number of nitrogen functional groups attached to an aromatic ring is 1. The van der Waals surface area contributed by atoms with Gasteiger partial charge in [-0.2, -0.15) is 18.3 Å². The van der Waals surface area contributed by atoms with E-state index < -0.39 is 34.8 Å². The van der Waals surface area contributed by atoms with Crippen LogP contribution in [0.2, 0.25) is 0 Å². The van der Waals surface area contributed by atoms with Crippen LogP contribution in [-0.4, -0.2) is 32.9 Å². The van der Waals surface area contributed by atoms with Gasteiger partial charge in [0.2, 0.25) is 5.60 Å². The van der Waals surface area contributed by atoms with Crippen LogP contribution < -0.4 is 16.8 Å². The molecule has 0 radical (unpaired) electrons. The third-order valence-corrected chi connectivity index (χ3v) is 5.44. The molecule has 8 nitrogen and oxygen atoms in total. The minimum Gasteiger partial charge on any atom is -0.395 e. The second-order valence-corrected chi connectivity index (χ2v) is 8.12. The molecular weight excluding hydrogens is 451 g/mol. The van der Waals surface area contributed by atoms with Gasteiger partial charge in [-0.25, -0.2) is 4.68 Å². The molecule has 1 unspecified atom stereocenters. The van der Waals surface area contributed by atoms with Crippen LogP contribution in [0.25, 0.3) is 5.69 Å². The molecule has 1 aromatic heterocycles. The molecule has 0 bridgehead atoms. The van der Waals surface area contributed by atoms with E-state index in [2.05, 4.69) is 10.4 Å². The van der Waals surface area contributed by atoms with Crippen LogP contribution in [0, 0.1) is 13.8 Å². The largest absolute Gasteiger partial charge is 0.422 e. The maximum Gasteiger partial charge on any atom is 0.422 e. The van der Waals surface area contributed by atoms with E-state index in [0.29, 0.717) is 18.1 Å². The Labute approximate surface area is 193 Å². The fourth-order valence-corrected chi connectivity index (χ4v) is 3.36. The van der Waals surface area contributed by atoms with E-state index in [4.69, 9.17) is 11.5 Å². The molecule has 0 spiro atoms. The first-order valence-electron chi connectivity index (χ1n) is 10.2. The lowest BCUT2D eigenvalue weighted by Gasteiger charge is -2.24. The van der Waals surface area contributed by atoms with Crippen LogP contribution in [0.4, 0.5) is 18.9 Å². The first kappa shape index (κ1) is 24.8. The van der Waals surface area contributed by atoms with Crippen molar-refractivity contribution in [2.75, 3.05) is 5.73 Å². The highest BCUT2D eigenvalue weighted by Crippen LogP contribution is 2.41. The van der Waals surface area contributed by atoms with Crippen molar-refractivity contribution in [3.05, 3.63) is 76.1 Å². The molecule has 3 rings (SSSR count). The summed E-state index contributed by atoms with van der Waals surface area (Å²) in [7, 11) is 0. The Kier molecular flexibility index (Phi) is 6.43. The van der Waals surface area contributed by atoms with Crippen molar-refractivity contribution in [3.8, 4) is 5.69 Å². The number of carbonyl (C=O) groups excluding carboxylic acids is 2. The molecule has 0 saturated heterocycles. The third-order valence-electron chi connectivity index (χ3n) is 5.44. The quantitative estimate of drug-likeness (QED) is 0.435. The van der Waals surface area contributed by atoms with Gasteiger partial charge in [0.05, 0.1) is 11.4 Å². The maximum atomic E-state index is 13.3. The van der Waals surface area contributed by atoms with Gasteiger partial charge in [-0.1, -0.05) is 29.8 Å². The Hall–Kier alpha value is -3.86. The second kappa shape index (κ2) is 8.82. The van der Waals surface area contributed by atoms with Gasteiger partial charge in [0.25, 0.3) is 11.8 Å². The van der Waals surface area contributed by atoms with Gasteiger partial charge < -0.3 is 21.9 Å². The average molecular weight is 475 g/mol. The summed E-state index contributed by atoms with van der Waals surface area (Å²) in [5, 5.41) is 16.6.